The zero-order valence-electron chi connectivity index (χ0n) is 11.5. The first-order chi connectivity index (χ1) is 9.82. The van der Waals surface area contributed by atoms with E-state index in [0.29, 0.717) is 12.1 Å². The monoisotopic (exact) mass is 309 g/mol. The van der Waals surface area contributed by atoms with E-state index in [0.717, 1.165) is 0 Å². The zero-order valence-corrected chi connectivity index (χ0v) is 12.3. The Hall–Kier alpha value is -2.14. The van der Waals surface area contributed by atoms with Crippen LogP contribution in [0.2, 0.25) is 0 Å². The van der Waals surface area contributed by atoms with Crippen LogP contribution in [0, 0.1) is 18.3 Å². The van der Waals surface area contributed by atoms with Gasteiger partial charge in [-0.15, -0.1) is 0 Å². The molecule has 0 bridgehead atoms. The fraction of sp³-hybridized carbons (Fsp3) is 0.462. The minimum Gasteiger partial charge on any atom is -0.480 e. The molecular weight excluding hydrogens is 294 g/mol. The molecule has 0 saturated carbocycles. The number of nitriles is 1. The highest BCUT2D eigenvalue weighted by atomic mass is 32.2. The topological polar surface area (TPSA) is 111 Å². The summed E-state index contributed by atoms with van der Waals surface area (Å²) in [5, 5.41) is 18.2. The molecule has 1 aromatic rings. The number of carboxylic acids is 1. The number of aliphatic carboxylic acids is 1. The van der Waals surface area contributed by atoms with E-state index in [9.17, 15) is 13.2 Å². The summed E-state index contributed by atoms with van der Waals surface area (Å²) >= 11 is 0. The molecule has 112 valence electrons. The highest BCUT2D eigenvalue weighted by Crippen LogP contribution is 2.25. The van der Waals surface area contributed by atoms with Crippen molar-refractivity contribution in [2.24, 2.45) is 0 Å². The molecule has 8 heteroatoms. The van der Waals surface area contributed by atoms with Gasteiger partial charge in [0.25, 0.3) is 0 Å². The van der Waals surface area contributed by atoms with Gasteiger partial charge in [-0.2, -0.15) is 5.26 Å². The van der Waals surface area contributed by atoms with Gasteiger partial charge in [-0.1, -0.05) is 0 Å². The van der Waals surface area contributed by atoms with E-state index in [4.69, 9.17) is 10.4 Å². The van der Waals surface area contributed by atoms with Gasteiger partial charge in [0.2, 0.25) is 0 Å². The normalized spacial score (nSPS) is 19.9. The van der Waals surface area contributed by atoms with Crippen molar-refractivity contribution in [1.29, 1.82) is 5.26 Å². The van der Waals surface area contributed by atoms with Gasteiger partial charge in [-0.25, -0.2) is 13.4 Å². The summed E-state index contributed by atoms with van der Waals surface area (Å²) in [6, 6.07) is 4.73. The summed E-state index contributed by atoms with van der Waals surface area (Å²) in [6.45, 7) is 1.35. The second-order valence-electron chi connectivity index (χ2n) is 5.01. The van der Waals surface area contributed by atoms with Crippen LogP contribution in [-0.4, -0.2) is 48.6 Å². The summed E-state index contributed by atoms with van der Waals surface area (Å²) in [7, 11) is -3.16. The Morgan fingerprint density at radius 3 is 2.81 bits per heavy atom. The fourth-order valence-corrected chi connectivity index (χ4v) is 4.12. The van der Waals surface area contributed by atoms with Crippen molar-refractivity contribution in [3.63, 3.8) is 0 Å². The van der Waals surface area contributed by atoms with Gasteiger partial charge in [-0.05, 0) is 25.5 Å². The quantitative estimate of drug-likeness (QED) is 0.853. The Balaban J connectivity index is 2.44. The summed E-state index contributed by atoms with van der Waals surface area (Å²) in [6.07, 6.45) is 0.343. The van der Waals surface area contributed by atoms with Crippen molar-refractivity contribution in [1.82, 2.24) is 4.98 Å². The van der Waals surface area contributed by atoms with Gasteiger partial charge in [0.05, 0.1) is 17.1 Å². The number of carboxylic acid groups (broad SMARTS) is 1. The average molecular weight is 309 g/mol. The maximum atomic E-state index is 11.6. The number of anilines is 1. The van der Waals surface area contributed by atoms with Gasteiger partial charge in [-0.3, -0.25) is 4.79 Å². The van der Waals surface area contributed by atoms with Crippen LogP contribution in [0.5, 0.6) is 0 Å². The molecule has 21 heavy (non-hydrogen) atoms. The van der Waals surface area contributed by atoms with Crippen LogP contribution in [0.3, 0.4) is 0 Å². The Labute approximate surface area is 122 Å². The molecule has 1 atom stereocenters. The number of aryl methyl sites for hydroxylation is 1. The summed E-state index contributed by atoms with van der Waals surface area (Å²) in [5.41, 5.74) is 0.881. The molecule has 1 aliphatic heterocycles. The van der Waals surface area contributed by atoms with Crippen LogP contribution < -0.4 is 4.90 Å². The maximum absolute atomic E-state index is 11.6. The molecule has 1 aliphatic rings. The van der Waals surface area contributed by atoms with Crippen molar-refractivity contribution >= 4 is 21.6 Å². The molecule has 2 rings (SSSR count). The van der Waals surface area contributed by atoms with Crippen molar-refractivity contribution < 1.29 is 18.3 Å². The van der Waals surface area contributed by atoms with Crippen LogP contribution in [-0.2, 0) is 14.6 Å². The number of rotatable bonds is 4. The molecule has 1 aromatic heterocycles. The van der Waals surface area contributed by atoms with E-state index < -0.39 is 21.8 Å². The van der Waals surface area contributed by atoms with Gasteiger partial charge in [0.1, 0.15) is 18.4 Å². The zero-order chi connectivity index (χ0) is 15.6. The number of nitrogens with zero attached hydrogens (tertiary/aromatic N) is 3. The third-order valence-electron chi connectivity index (χ3n) is 3.36. The number of carbonyl (C=O) groups is 1. The minimum absolute atomic E-state index is 0.0293. The summed E-state index contributed by atoms with van der Waals surface area (Å²) in [5.74, 6) is -0.934. The highest BCUT2D eigenvalue weighted by molar-refractivity contribution is 7.91. The van der Waals surface area contributed by atoms with E-state index in [1.54, 1.807) is 19.1 Å². The molecular formula is C13H15N3O4S. The lowest BCUT2D eigenvalue weighted by atomic mass is 10.1. The predicted octanol–water partition coefficient (Wildman–Crippen LogP) is 0.340. The second-order valence-corrected chi connectivity index (χ2v) is 7.24. The molecule has 0 amide bonds. The van der Waals surface area contributed by atoms with Crippen LogP contribution >= 0.6 is 0 Å². The molecule has 1 fully saturated rings. The van der Waals surface area contributed by atoms with Gasteiger partial charge in [0, 0.05) is 11.7 Å². The molecule has 7 nitrogen and oxygen atoms in total. The molecule has 2 heterocycles. The van der Waals surface area contributed by atoms with Crippen molar-refractivity contribution in [2.75, 3.05) is 23.0 Å². The lowest BCUT2D eigenvalue weighted by Crippen LogP contribution is -2.41. The number of sulfone groups is 1. The minimum atomic E-state index is -3.16. The molecule has 1 N–H and O–H groups in total. The third kappa shape index (κ3) is 3.49. The maximum Gasteiger partial charge on any atom is 0.323 e. The Morgan fingerprint density at radius 1 is 1.57 bits per heavy atom. The molecule has 1 saturated heterocycles. The van der Waals surface area contributed by atoms with E-state index in [1.165, 1.54) is 4.90 Å². The molecule has 0 aliphatic carbocycles. The lowest BCUT2D eigenvalue weighted by molar-refractivity contribution is -0.135. The first-order valence-corrected chi connectivity index (χ1v) is 8.21. The summed E-state index contributed by atoms with van der Waals surface area (Å²) in [4.78, 5) is 16.7. The van der Waals surface area contributed by atoms with Crippen molar-refractivity contribution in [3.05, 3.63) is 23.4 Å². The lowest BCUT2D eigenvalue weighted by Gasteiger charge is -2.28. The Kier molecular flexibility index (Phi) is 4.14. The highest BCUT2D eigenvalue weighted by Gasteiger charge is 2.34. The standard InChI is InChI=1S/C13H15N3O4S/c1-9-2-3-10(6-14)13(15-9)16(7-12(17)18)11-4-5-21(19,20)8-11/h2-3,11H,4-5,7-8H2,1H3,(H,17,18). The Bertz CT molecular complexity index is 709. The first-order valence-electron chi connectivity index (χ1n) is 6.39. The fourth-order valence-electron chi connectivity index (χ4n) is 2.39. The van der Waals surface area contributed by atoms with Crippen molar-refractivity contribution in [3.8, 4) is 6.07 Å². The van der Waals surface area contributed by atoms with E-state index in [-0.39, 0.29) is 29.4 Å². The number of pyridine rings is 1. The Morgan fingerprint density at radius 2 is 2.29 bits per heavy atom. The molecule has 0 aromatic carbocycles. The smallest absolute Gasteiger partial charge is 0.323 e. The van der Waals surface area contributed by atoms with Gasteiger partial charge in [0.15, 0.2) is 9.84 Å². The summed E-state index contributed by atoms with van der Waals surface area (Å²) < 4.78 is 23.2. The van der Waals surface area contributed by atoms with Crippen LogP contribution in [0.15, 0.2) is 12.1 Å². The van der Waals surface area contributed by atoms with Gasteiger partial charge < -0.3 is 10.0 Å². The first kappa shape index (κ1) is 15.3. The molecule has 1 unspecified atom stereocenters. The van der Waals surface area contributed by atoms with Crippen molar-refractivity contribution in [2.45, 2.75) is 19.4 Å². The molecule has 0 spiro atoms. The predicted molar refractivity (Wildman–Crippen MR) is 75.7 cm³/mol. The third-order valence-corrected chi connectivity index (χ3v) is 5.11. The number of aromatic nitrogens is 1. The average Bonchev–Trinajstić information content (AvgIpc) is 2.76. The van der Waals surface area contributed by atoms with E-state index >= 15 is 0 Å². The van der Waals surface area contributed by atoms with Crippen LogP contribution in [0.25, 0.3) is 0 Å². The number of hydrogen-bond acceptors (Lipinski definition) is 6. The second kappa shape index (κ2) is 5.69. The van der Waals surface area contributed by atoms with E-state index in [1.807, 2.05) is 6.07 Å². The number of hydrogen-bond donors (Lipinski definition) is 1. The molecule has 0 radical (unpaired) electrons. The van der Waals surface area contributed by atoms with Crippen LogP contribution in [0.4, 0.5) is 5.82 Å². The van der Waals surface area contributed by atoms with Crippen LogP contribution in [0.1, 0.15) is 17.7 Å². The van der Waals surface area contributed by atoms with Gasteiger partial charge >= 0.3 is 5.97 Å². The largest absolute Gasteiger partial charge is 0.480 e. The SMILES string of the molecule is Cc1ccc(C#N)c(N(CC(=O)O)C2CCS(=O)(=O)C2)n1. The van der Waals surface area contributed by atoms with E-state index in [2.05, 4.69) is 4.98 Å².